The molecule has 3 aromatic rings. The van der Waals surface area contributed by atoms with Crippen LogP contribution in [0.2, 0.25) is 0 Å². The molecule has 0 spiro atoms. The summed E-state index contributed by atoms with van der Waals surface area (Å²) in [7, 11) is 0. The molecule has 0 aliphatic carbocycles. The number of halogens is 1. The van der Waals surface area contributed by atoms with Gasteiger partial charge < -0.3 is 9.84 Å². The minimum absolute atomic E-state index is 0.0370. The molecule has 0 bridgehead atoms. The first-order valence-corrected chi connectivity index (χ1v) is 9.25. The number of ether oxygens (including phenoxy) is 1. The summed E-state index contributed by atoms with van der Waals surface area (Å²) >= 11 is 0. The van der Waals surface area contributed by atoms with Gasteiger partial charge >= 0.3 is 5.97 Å². The molecule has 4 heteroatoms. The third-order valence-electron chi connectivity index (χ3n) is 3.97. The van der Waals surface area contributed by atoms with Gasteiger partial charge in [0.15, 0.2) is 0 Å². The van der Waals surface area contributed by atoms with Crippen molar-refractivity contribution in [3.63, 3.8) is 0 Å². The summed E-state index contributed by atoms with van der Waals surface area (Å²) in [6, 6.07) is 25.3. The molecule has 28 heavy (non-hydrogen) atoms. The summed E-state index contributed by atoms with van der Waals surface area (Å²) in [5.41, 5.74) is 2.36. The van der Waals surface area contributed by atoms with E-state index in [0.717, 1.165) is 18.9 Å². The predicted molar refractivity (Wildman–Crippen MR) is 109 cm³/mol. The number of benzene rings is 3. The first-order chi connectivity index (χ1) is 13.5. The van der Waals surface area contributed by atoms with Crippen LogP contribution in [0.3, 0.4) is 0 Å². The summed E-state index contributed by atoms with van der Waals surface area (Å²) in [4.78, 5) is 11.8. The minimum Gasteiger partial charge on any atom is -0.508 e. The summed E-state index contributed by atoms with van der Waals surface area (Å²) in [6.45, 7) is 1.94. The Kier molecular flexibility index (Phi) is 8.73. The lowest BCUT2D eigenvalue weighted by Gasteiger charge is -2.13. The molecule has 0 amide bonds. The maximum atomic E-state index is 12.0. The van der Waals surface area contributed by atoms with Crippen molar-refractivity contribution in [1.82, 2.24) is 0 Å². The van der Waals surface area contributed by atoms with Crippen LogP contribution in [-0.2, 0) is 22.4 Å². The Morgan fingerprint density at radius 3 is 2.07 bits per heavy atom. The van der Waals surface area contributed by atoms with E-state index in [0.29, 0.717) is 6.42 Å². The van der Waals surface area contributed by atoms with Crippen LogP contribution in [0.25, 0.3) is 0 Å². The molecule has 0 heterocycles. The van der Waals surface area contributed by atoms with E-state index in [2.05, 4.69) is 0 Å². The van der Waals surface area contributed by atoms with Crippen molar-refractivity contribution in [2.24, 2.45) is 0 Å². The second-order valence-electron chi connectivity index (χ2n) is 6.46. The standard InChI is InChI=1S/C18H20O2.C6H5FO/c1-15(14-17-10-6-3-7-11-17)20-18(19)13-12-16-8-4-2-5-9-16;7-5-2-1-3-6(8)4-5/h2-11,15H,12-14H2,1H3;1-4,8H. The van der Waals surface area contributed by atoms with Crippen LogP contribution >= 0.6 is 0 Å². The molecule has 3 rings (SSSR count). The van der Waals surface area contributed by atoms with Crippen molar-refractivity contribution in [2.75, 3.05) is 0 Å². The van der Waals surface area contributed by atoms with Gasteiger partial charge in [-0.25, -0.2) is 4.39 Å². The van der Waals surface area contributed by atoms with Gasteiger partial charge in [-0.2, -0.15) is 0 Å². The van der Waals surface area contributed by atoms with Crippen LogP contribution in [0.4, 0.5) is 4.39 Å². The van der Waals surface area contributed by atoms with E-state index in [9.17, 15) is 9.18 Å². The first-order valence-electron chi connectivity index (χ1n) is 9.25. The normalized spacial score (nSPS) is 11.1. The first kappa shape index (κ1) is 21.2. The zero-order valence-corrected chi connectivity index (χ0v) is 15.9. The summed E-state index contributed by atoms with van der Waals surface area (Å²) in [5, 5.41) is 8.57. The number of aromatic hydroxyl groups is 1. The number of phenolic OH excluding ortho intramolecular Hbond substituents is 1. The van der Waals surface area contributed by atoms with Gasteiger partial charge in [-0.15, -0.1) is 0 Å². The zero-order chi connectivity index (χ0) is 20.2. The van der Waals surface area contributed by atoms with Crippen LogP contribution in [-0.4, -0.2) is 17.2 Å². The van der Waals surface area contributed by atoms with Gasteiger partial charge in [0.1, 0.15) is 17.7 Å². The maximum Gasteiger partial charge on any atom is 0.306 e. The number of carbonyl (C=O) groups is 1. The van der Waals surface area contributed by atoms with Crippen LogP contribution in [0.15, 0.2) is 84.9 Å². The zero-order valence-electron chi connectivity index (χ0n) is 15.9. The van der Waals surface area contributed by atoms with Gasteiger partial charge in [0.05, 0.1) is 0 Å². The van der Waals surface area contributed by atoms with Gasteiger partial charge in [-0.05, 0) is 36.6 Å². The van der Waals surface area contributed by atoms with Gasteiger partial charge in [0.25, 0.3) is 0 Å². The van der Waals surface area contributed by atoms with Gasteiger partial charge in [0.2, 0.25) is 0 Å². The van der Waals surface area contributed by atoms with Crippen LogP contribution in [0.5, 0.6) is 5.75 Å². The van der Waals surface area contributed by atoms with E-state index in [1.165, 1.54) is 29.3 Å². The Morgan fingerprint density at radius 1 is 0.929 bits per heavy atom. The Bertz CT molecular complexity index is 817. The fourth-order valence-electron chi connectivity index (χ4n) is 2.64. The number of aryl methyl sites for hydroxylation is 1. The highest BCUT2D eigenvalue weighted by Gasteiger charge is 2.10. The Morgan fingerprint density at radius 2 is 1.54 bits per heavy atom. The fourth-order valence-corrected chi connectivity index (χ4v) is 2.64. The third-order valence-corrected chi connectivity index (χ3v) is 3.97. The number of carbonyl (C=O) groups excluding carboxylic acids is 1. The van der Waals surface area contributed by atoms with Crippen LogP contribution < -0.4 is 0 Å². The van der Waals surface area contributed by atoms with Crippen molar-refractivity contribution in [3.05, 3.63) is 102 Å². The SMILES string of the molecule is CC(Cc1ccccc1)OC(=O)CCc1ccccc1.Oc1cccc(F)c1. The predicted octanol–water partition coefficient (Wildman–Crippen LogP) is 5.32. The lowest BCUT2D eigenvalue weighted by atomic mass is 10.1. The summed E-state index contributed by atoms with van der Waals surface area (Å²) < 4.78 is 17.4. The second-order valence-corrected chi connectivity index (χ2v) is 6.46. The molecular formula is C24H25FO3. The van der Waals surface area contributed by atoms with E-state index in [1.807, 2.05) is 67.6 Å². The number of phenols is 1. The lowest BCUT2D eigenvalue weighted by Crippen LogP contribution is -2.17. The van der Waals surface area contributed by atoms with Gasteiger partial charge in [-0.1, -0.05) is 66.7 Å². The van der Waals surface area contributed by atoms with Crippen molar-refractivity contribution >= 4 is 5.97 Å². The molecule has 0 aromatic heterocycles. The smallest absolute Gasteiger partial charge is 0.306 e. The third kappa shape index (κ3) is 8.49. The number of hydrogen-bond acceptors (Lipinski definition) is 3. The molecule has 0 saturated heterocycles. The highest BCUT2D eigenvalue weighted by molar-refractivity contribution is 5.69. The second kappa shape index (κ2) is 11.5. The van der Waals surface area contributed by atoms with Crippen LogP contribution in [0.1, 0.15) is 24.5 Å². The molecule has 0 radical (unpaired) electrons. The summed E-state index contributed by atoms with van der Waals surface area (Å²) in [6.07, 6.45) is 1.85. The van der Waals surface area contributed by atoms with Crippen molar-refractivity contribution in [2.45, 2.75) is 32.3 Å². The maximum absolute atomic E-state index is 12.0. The molecule has 3 nitrogen and oxygen atoms in total. The number of rotatable bonds is 6. The van der Waals surface area contributed by atoms with Gasteiger partial charge in [0, 0.05) is 18.9 Å². The largest absolute Gasteiger partial charge is 0.508 e. The highest BCUT2D eigenvalue weighted by atomic mass is 19.1. The minimum atomic E-state index is -0.412. The molecule has 1 unspecified atom stereocenters. The molecule has 0 aliphatic rings. The van der Waals surface area contributed by atoms with E-state index in [-0.39, 0.29) is 17.8 Å². The molecule has 0 saturated carbocycles. The topological polar surface area (TPSA) is 46.5 Å². The Hall–Kier alpha value is -3.14. The molecular weight excluding hydrogens is 355 g/mol. The highest BCUT2D eigenvalue weighted by Crippen LogP contribution is 2.09. The average Bonchev–Trinajstić information content (AvgIpc) is 2.68. The molecule has 1 N–H and O–H groups in total. The molecule has 0 fully saturated rings. The van der Waals surface area contributed by atoms with E-state index in [1.54, 1.807) is 0 Å². The Balaban J connectivity index is 0.000000292. The summed E-state index contributed by atoms with van der Waals surface area (Å²) in [5.74, 6) is -0.577. The Labute approximate surface area is 165 Å². The van der Waals surface area contributed by atoms with E-state index in [4.69, 9.17) is 9.84 Å². The van der Waals surface area contributed by atoms with E-state index < -0.39 is 5.82 Å². The van der Waals surface area contributed by atoms with Crippen molar-refractivity contribution in [3.8, 4) is 5.75 Å². The van der Waals surface area contributed by atoms with Crippen LogP contribution in [0, 0.1) is 5.82 Å². The van der Waals surface area contributed by atoms with Crippen molar-refractivity contribution in [1.29, 1.82) is 0 Å². The van der Waals surface area contributed by atoms with Gasteiger partial charge in [-0.3, -0.25) is 4.79 Å². The monoisotopic (exact) mass is 380 g/mol. The molecule has 0 aliphatic heterocycles. The fraction of sp³-hybridized carbons (Fsp3) is 0.208. The quantitative estimate of drug-likeness (QED) is 0.588. The molecule has 3 aromatic carbocycles. The molecule has 146 valence electrons. The lowest BCUT2D eigenvalue weighted by molar-refractivity contribution is -0.148. The molecule has 1 atom stereocenters. The van der Waals surface area contributed by atoms with E-state index >= 15 is 0 Å². The average molecular weight is 380 g/mol. The number of esters is 1. The van der Waals surface area contributed by atoms with Crippen molar-refractivity contribution < 1.29 is 19.0 Å². The number of hydrogen-bond donors (Lipinski definition) is 1.